The molecule has 0 radical (unpaired) electrons. The maximum absolute atomic E-state index is 11.9. The second-order valence-corrected chi connectivity index (χ2v) is 9.24. The van der Waals surface area contributed by atoms with Crippen molar-refractivity contribution in [2.24, 2.45) is 0 Å². The molecule has 1 aromatic heterocycles. The number of hydrogen-bond donors (Lipinski definition) is 1. The van der Waals surface area contributed by atoms with Crippen LogP contribution >= 0.6 is 11.3 Å². The van der Waals surface area contributed by atoms with Gasteiger partial charge in [0.2, 0.25) is 10.0 Å². The van der Waals surface area contributed by atoms with E-state index in [2.05, 4.69) is 9.88 Å². The van der Waals surface area contributed by atoms with Gasteiger partial charge in [-0.05, 0) is 19.3 Å². The first kappa shape index (κ1) is 21.1. The van der Waals surface area contributed by atoms with Crippen LogP contribution in [0.1, 0.15) is 24.3 Å². The second kappa shape index (κ2) is 7.79. The summed E-state index contributed by atoms with van der Waals surface area (Å²) in [7, 11) is -3.09. The molecule has 1 N–H and O–H groups in total. The number of rotatable bonds is 3. The van der Waals surface area contributed by atoms with Crippen LogP contribution in [0.4, 0.5) is 13.2 Å². The number of carboxylic acids is 1. The van der Waals surface area contributed by atoms with E-state index in [1.165, 1.54) is 6.26 Å². The van der Waals surface area contributed by atoms with Gasteiger partial charge in [0.05, 0.1) is 12.8 Å². The van der Waals surface area contributed by atoms with Crippen LogP contribution in [-0.2, 0) is 21.4 Å². The zero-order valence-corrected chi connectivity index (χ0v) is 15.7. The fourth-order valence-electron chi connectivity index (χ4n) is 3.44. The Morgan fingerprint density at radius 1 is 1.38 bits per heavy atom. The molecular formula is C14H20F3N3O4S2. The average molecular weight is 415 g/mol. The highest BCUT2D eigenvalue weighted by atomic mass is 32.2. The lowest BCUT2D eigenvalue weighted by Crippen LogP contribution is -2.48. The Labute approximate surface area is 153 Å². The summed E-state index contributed by atoms with van der Waals surface area (Å²) >= 11 is 1.66. The summed E-state index contributed by atoms with van der Waals surface area (Å²) in [5.74, 6) is -2.76. The van der Waals surface area contributed by atoms with E-state index in [1.54, 1.807) is 15.6 Å². The maximum Gasteiger partial charge on any atom is 0.490 e. The van der Waals surface area contributed by atoms with Gasteiger partial charge >= 0.3 is 12.1 Å². The lowest BCUT2D eigenvalue weighted by Gasteiger charge is -2.33. The average Bonchev–Trinajstić information content (AvgIpc) is 3.21. The van der Waals surface area contributed by atoms with E-state index in [0.717, 1.165) is 43.9 Å². The molecule has 148 valence electrons. The molecule has 7 nitrogen and oxygen atoms in total. The number of aromatic nitrogens is 1. The lowest BCUT2D eigenvalue weighted by atomic mass is 9.97. The Hall–Kier alpha value is -1.24. The van der Waals surface area contributed by atoms with Crippen LogP contribution in [0.5, 0.6) is 0 Å². The van der Waals surface area contributed by atoms with Crippen molar-refractivity contribution in [1.29, 1.82) is 0 Å². The standard InChI is InChI=1S/C12H19N3O2S2.C2HF3O2/c1-19(16,17)15-6-2-3-12(15)4-7-14(10-12)9-11-13-5-8-18-11;3-2(4,5)1(6)7/h5,8H,2-4,6-7,9-10H2,1H3;(H,6,7). The minimum absolute atomic E-state index is 0.148. The predicted molar refractivity (Wildman–Crippen MR) is 89.2 cm³/mol. The number of likely N-dealkylation sites (tertiary alicyclic amines) is 1. The van der Waals surface area contributed by atoms with Crippen LogP contribution < -0.4 is 0 Å². The Bertz CT molecular complexity index is 724. The summed E-state index contributed by atoms with van der Waals surface area (Å²) in [5, 5.41) is 10.2. The summed E-state index contributed by atoms with van der Waals surface area (Å²) in [6.07, 6.45) is 1.01. The Morgan fingerprint density at radius 2 is 2.04 bits per heavy atom. The van der Waals surface area contributed by atoms with Crippen molar-refractivity contribution in [3.8, 4) is 0 Å². The summed E-state index contributed by atoms with van der Waals surface area (Å²) in [6, 6.07) is 0. The molecule has 26 heavy (non-hydrogen) atoms. The van der Waals surface area contributed by atoms with Crippen molar-refractivity contribution >= 4 is 27.3 Å². The van der Waals surface area contributed by atoms with Gasteiger partial charge in [-0.15, -0.1) is 11.3 Å². The van der Waals surface area contributed by atoms with E-state index in [9.17, 15) is 21.6 Å². The molecule has 2 aliphatic rings. The van der Waals surface area contributed by atoms with Crippen LogP contribution in [0.25, 0.3) is 0 Å². The zero-order valence-electron chi connectivity index (χ0n) is 14.1. The molecule has 0 aliphatic carbocycles. The van der Waals surface area contributed by atoms with Crippen molar-refractivity contribution in [2.45, 2.75) is 37.5 Å². The monoisotopic (exact) mass is 415 g/mol. The SMILES string of the molecule is CS(=O)(=O)N1CCCC12CCN(Cc1nccs1)C2.O=C(O)C(F)(F)F. The van der Waals surface area contributed by atoms with Crippen LogP contribution in [0.2, 0.25) is 0 Å². The van der Waals surface area contributed by atoms with Gasteiger partial charge in [-0.1, -0.05) is 0 Å². The molecule has 0 bridgehead atoms. The molecular weight excluding hydrogens is 395 g/mol. The smallest absolute Gasteiger partial charge is 0.475 e. The molecule has 0 amide bonds. The van der Waals surface area contributed by atoms with Gasteiger partial charge in [-0.2, -0.15) is 17.5 Å². The third-order valence-electron chi connectivity index (χ3n) is 4.43. The number of carbonyl (C=O) groups is 1. The number of sulfonamides is 1. The van der Waals surface area contributed by atoms with Crippen molar-refractivity contribution in [1.82, 2.24) is 14.2 Å². The van der Waals surface area contributed by atoms with E-state index in [-0.39, 0.29) is 5.54 Å². The first-order valence-electron chi connectivity index (χ1n) is 7.83. The van der Waals surface area contributed by atoms with Gasteiger partial charge in [0, 0.05) is 36.8 Å². The largest absolute Gasteiger partial charge is 0.490 e. The lowest BCUT2D eigenvalue weighted by molar-refractivity contribution is -0.192. The van der Waals surface area contributed by atoms with Gasteiger partial charge in [-0.3, -0.25) is 4.90 Å². The molecule has 12 heteroatoms. The summed E-state index contributed by atoms with van der Waals surface area (Å²) < 4.78 is 57.3. The van der Waals surface area contributed by atoms with Gasteiger partial charge in [0.25, 0.3) is 0 Å². The highest BCUT2D eigenvalue weighted by molar-refractivity contribution is 7.88. The normalized spacial score (nSPS) is 24.6. The Kier molecular flexibility index (Phi) is 6.31. The topological polar surface area (TPSA) is 90.8 Å². The van der Waals surface area contributed by atoms with Gasteiger partial charge < -0.3 is 5.11 Å². The van der Waals surface area contributed by atoms with Crippen molar-refractivity contribution in [2.75, 3.05) is 25.9 Å². The van der Waals surface area contributed by atoms with Crippen LogP contribution in [-0.4, -0.2) is 71.3 Å². The van der Waals surface area contributed by atoms with Gasteiger partial charge in [-0.25, -0.2) is 18.2 Å². The van der Waals surface area contributed by atoms with Crippen molar-refractivity contribution in [3.05, 3.63) is 16.6 Å². The highest BCUT2D eigenvalue weighted by Gasteiger charge is 2.49. The fourth-order valence-corrected chi connectivity index (χ4v) is 5.50. The predicted octanol–water partition coefficient (Wildman–Crippen LogP) is 1.78. The van der Waals surface area contributed by atoms with E-state index in [0.29, 0.717) is 6.54 Å². The van der Waals surface area contributed by atoms with Crippen LogP contribution in [0.15, 0.2) is 11.6 Å². The maximum atomic E-state index is 11.9. The number of nitrogens with zero attached hydrogens (tertiary/aromatic N) is 3. The van der Waals surface area contributed by atoms with E-state index in [4.69, 9.17) is 9.90 Å². The Morgan fingerprint density at radius 3 is 2.54 bits per heavy atom. The third-order valence-corrected chi connectivity index (χ3v) is 6.56. The molecule has 2 fully saturated rings. The van der Waals surface area contributed by atoms with Gasteiger partial charge in [0.1, 0.15) is 5.01 Å². The molecule has 3 rings (SSSR count). The molecule has 1 unspecified atom stereocenters. The highest BCUT2D eigenvalue weighted by Crippen LogP contribution is 2.39. The number of thiazole rings is 1. The van der Waals surface area contributed by atoms with Crippen molar-refractivity contribution in [3.63, 3.8) is 0 Å². The summed E-state index contributed by atoms with van der Waals surface area (Å²) in [5.41, 5.74) is -0.148. The van der Waals surface area contributed by atoms with E-state index in [1.807, 2.05) is 11.6 Å². The first-order valence-corrected chi connectivity index (χ1v) is 10.6. The molecule has 0 aromatic carbocycles. The number of carboxylic acid groups (broad SMARTS) is 1. The Balaban J connectivity index is 0.000000298. The summed E-state index contributed by atoms with van der Waals surface area (Å²) in [6.45, 7) is 3.34. The molecule has 0 saturated carbocycles. The molecule has 1 spiro atoms. The first-order chi connectivity index (χ1) is 11.9. The molecule has 1 aromatic rings. The zero-order chi connectivity index (χ0) is 19.6. The quantitative estimate of drug-likeness (QED) is 0.809. The minimum Gasteiger partial charge on any atom is -0.475 e. The molecule has 2 aliphatic heterocycles. The molecule has 1 atom stereocenters. The third kappa shape index (κ3) is 5.15. The molecule has 3 heterocycles. The second-order valence-electron chi connectivity index (χ2n) is 6.35. The van der Waals surface area contributed by atoms with Crippen LogP contribution in [0, 0.1) is 0 Å². The fraction of sp³-hybridized carbons (Fsp3) is 0.714. The van der Waals surface area contributed by atoms with Gasteiger partial charge in [0.15, 0.2) is 0 Å². The van der Waals surface area contributed by atoms with Crippen molar-refractivity contribution < 1.29 is 31.5 Å². The minimum atomic E-state index is -5.08. The molecule has 2 saturated heterocycles. The van der Waals surface area contributed by atoms with E-state index < -0.39 is 22.2 Å². The number of halogens is 3. The van der Waals surface area contributed by atoms with E-state index >= 15 is 0 Å². The number of aliphatic carboxylic acids is 1. The summed E-state index contributed by atoms with van der Waals surface area (Å²) in [4.78, 5) is 15.5. The van der Waals surface area contributed by atoms with Crippen LogP contribution in [0.3, 0.4) is 0 Å². The number of hydrogen-bond acceptors (Lipinski definition) is 6. The number of alkyl halides is 3.